The van der Waals surface area contributed by atoms with Crippen LogP contribution in [0.4, 0.5) is 0 Å². The van der Waals surface area contributed by atoms with E-state index in [0.29, 0.717) is 6.04 Å². The van der Waals surface area contributed by atoms with Crippen molar-refractivity contribution in [2.45, 2.75) is 19.9 Å². The molecule has 5 nitrogen and oxygen atoms in total. The van der Waals surface area contributed by atoms with Crippen LogP contribution in [0.2, 0.25) is 0 Å². The lowest BCUT2D eigenvalue weighted by Crippen LogP contribution is -2.16. The highest BCUT2D eigenvalue weighted by Gasteiger charge is 2.11. The van der Waals surface area contributed by atoms with Gasteiger partial charge in [0.2, 0.25) is 0 Å². The summed E-state index contributed by atoms with van der Waals surface area (Å²) in [6, 6.07) is 13.1. The highest BCUT2D eigenvalue weighted by atomic mass is 15.2. The van der Waals surface area contributed by atoms with Gasteiger partial charge in [-0.25, -0.2) is 4.98 Å². The topological polar surface area (TPSA) is 46.8 Å². The zero-order valence-corrected chi connectivity index (χ0v) is 13.9. The van der Waals surface area contributed by atoms with Crippen molar-refractivity contribution in [3.8, 4) is 16.9 Å². The third-order valence-electron chi connectivity index (χ3n) is 4.21. The first-order valence-corrected chi connectivity index (χ1v) is 7.65. The van der Waals surface area contributed by atoms with Gasteiger partial charge in [0.1, 0.15) is 18.5 Å². The van der Waals surface area contributed by atoms with E-state index in [9.17, 15) is 0 Å². The molecule has 1 aromatic carbocycles. The smallest absolute Gasteiger partial charge is 0.139 e. The van der Waals surface area contributed by atoms with E-state index in [4.69, 9.17) is 0 Å². The van der Waals surface area contributed by atoms with Gasteiger partial charge in [0.25, 0.3) is 0 Å². The largest absolute Gasteiger partial charge is 0.303 e. The third kappa shape index (κ3) is 3.14. The Morgan fingerprint density at radius 1 is 1.04 bits per heavy atom. The average Bonchev–Trinajstić information content (AvgIpc) is 3.08. The molecule has 0 amide bonds. The van der Waals surface area contributed by atoms with Crippen LogP contribution in [0.5, 0.6) is 0 Å². The molecule has 23 heavy (non-hydrogen) atoms. The van der Waals surface area contributed by atoms with Crippen LogP contribution in [-0.4, -0.2) is 38.7 Å². The molecule has 0 saturated heterocycles. The number of nitrogens with zero attached hydrogens (tertiary/aromatic N) is 5. The lowest BCUT2D eigenvalue weighted by Gasteiger charge is -2.21. The third-order valence-corrected chi connectivity index (χ3v) is 4.21. The first-order valence-electron chi connectivity index (χ1n) is 7.65. The van der Waals surface area contributed by atoms with E-state index >= 15 is 0 Å². The van der Waals surface area contributed by atoms with Gasteiger partial charge in [-0.15, -0.1) is 10.2 Å². The van der Waals surface area contributed by atoms with Crippen molar-refractivity contribution in [2.24, 2.45) is 0 Å². The van der Waals surface area contributed by atoms with Crippen molar-refractivity contribution in [1.82, 2.24) is 24.6 Å². The summed E-state index contributed by atoms with van der Waals surface area (Å²) in [4.78, 5) is 6.88. The number of aromatic nitrogens is 4. The quantitative estimate of drug-likeness (QED) is 0.742. The second-order valence-corrected chi connectivity index (χ2v) is 5.94. The molecule has 0 unspecified atom stereocenters. The maximum absolute atomic E-state index is 4.67. The minimum absolute atomic E-state index is 0.375. The van der Waals surface area contributed by atoms with Crippen molar-refractivity contribution in [3.05, 3.63) is 60.3 Å². The Morgan fingerprint density at radius 3 is 2.43 bits per heavy atom. The van der Waals surface area contributed by atoms with Crippen LogP contribution < -0.4 is 0 Å². The fourth-order valence-corrected chi connectivity index (χ4v) is 2.58. The Morgan fingerprint density at radius 2 is 1.78 bits per heavy atom. The maximum Gasteiger partial charge on any atom is 0.139 e. The molecular formula is C18H21N5. The second kappa shape index (κ2) is 6.30. The van der Waals surface area contributed by atoms with Crippen molar-refractivity contribution >= 4 is 0 Å². The summed E-state index contributed by atoms with van der Waals surface area (Å²) in [6.07, 6.45) is 3.31. The highest BCUT2D eigenvalue weighted by Crippen LogP contribution is 2.27. The molecule has 0 aliphatic rings. The molecule has 0 radical (unpaired) electrons. The molecule has 2 aromatic heterocycles. The second-order valence-electron chi connectivity index (χ2n) is 5.94. The van der Waals surface area contributed by atoms with Crippen LogP contribution >= 0.6 is 0 Å². The van der Waals surface area contributed by atoms with Gasteiger partial charge in [0, 0.05) is 17.3 Å². The van der Waals surface area contributed by atoms with Crippen molar-refractivity contribution in [3.63, 3.8) is 0 Å². The molecule has 0 aliphatic heterocycles. The molecule has 0 aliphatic carbocycles. The van der Waals surface area contributed by atoms with Gasteiger partial charge in [-0.05, 0) is 57.3 Å². The predicted octanol–water partition coefficient (Wildman–Crippen LogP) is 3.26. The molecule has 0 N–H and O–H groups in total. The molecule has 0 bridgehead atoms. The van der Waals surface area contributed by atoms with Gasteiger partial charge in [-0.2, -0.15) is 0 Å². The van der Waals surface area contributed by atoms with Crippen LogP contribution in [-0.2, 0) is 0 Å². The van der Waals surface area contributed by atoms with E-state index in [1.54, 1.807) is 17.2 Å². The lowest BCUT2D eigenvalue weighted by molar-refractivity contribution is 0.321. The number of aryl methyl sites for hydroxylation is 1. The van der Waals surface area contributed by atoms with Gasteiger partial charge >= 0.3 is 0 Å². The molecule has 5 heteroatoms. The van der Waals surface area contributed by atoms with Gasteiger partial charge in [-0.3, -0.25) is 4.57 Å². The molecule has 3 rings (SSSR count). The summed E-state index contributed by atoms with van der Waals surface area (Å²) in [5.41, 5.74) is 4.63. The van der Waals surface area contributed by atoms with E-state index in [2.05, 4.69) is 71.4 Å². The molecule has 2 heterocycles. The summed E-state index contributed by atoms with van der Waals surface area (Å²) < 4.78 is 1.81. The number of hydrogen-bond donors (Lipinski definition) is 0. The Kier molecular flexibility index (Phi) is 4.21. The number of benzene rings is 1. The van der Waals surface area contributed by atoms with E-state index in [0.717, 1.165) is 17.1 Å². The summed E-state index contributed by atoms with van der Waals surface area (Å²) >= 11 is 0. The van der Waals surface area contributed by atoms with Crippen LogP contribution in [0.25, 0.3) is 16.9 Å². The van der Waals surface area contributed by atoms with Gasteiger partial charge in [-0.1, -0.05) is 18.2 Å². The van der Waals surface area contributed by atoms with Crippen LogP contribution in [0.15, 0.2) is 49.1 Å². The molecule has 0 spiro atoms. The number of pyridine rings is 1. The van der Waals surface area contributed by atoms with E-state index in [1.807, 2.05) is 13.0 Å². The summed E-state index contributed by atoms with van der Waals surface area (Å²) in [5, 5.41) is 7.65. The van der Waals surface area contributed by atoms with E-state index in [-0.39, 0.29) is 0 Å². The summed E-state index contributed by atoms with van der Waals surface area (Å²) in [6.45, 7) is 4.24. The zero-order chi connectivity index (χ0) is 16.4. The number of hydrogen-bond acceptors (Lipinski definition) is 4. The van der Waals surface area contributed by atoms with Gasteiger partial charge < -0.3 is 4.90 Å². The average molecular weight is 307 g/mol. The molecule has 0 saturated carbocycles. The van der Waals surface area contributed by atoms with E-state index < -0.39 is 0 Å². The first kappa shape index (κ1) is 15.4. The van der Waals surface area contributed by atoms with Crippen molar-refractivity contribution in [2.75, 3.05) is 14.1 Å². The first-order chi connectivity index (χ1) is 11.1. The monoisotopic (exact) mass is 307 g/mol. The van der Waals surface area contributed by atoms with E-state index in [1.165, 1.54) is 11.1 Å². The maximum atomic E-state index is 4.67. The molecular weight excluding hydrogens is 286 g/mol. The van der Waals surface area contributed by atoms with Crippen LogP contribution in [0.1, 0.15) is 24.2 Å². The Balaban J connectivity index is 1.97. The fourth-order valence-electron chi connectivity index (χ4n) is 2.58. The zero-order valence-electron chi connectivity index (χ0n) is 13.9. The molecule has 0 fully saturated rings. The Labute approximate surface area is 136 Å². The SMILES string of the molecule is Cc1nc(-n2cnnc2)ccc1-c1cccc([C@H](C)N(C)C)c1. The number of rotatable bonds is 4. The normalized spacial score (nSPS) is 12.6. The fraction of sp³-hybridized carbons (Fsp3) is 0.278. The standard InChI is InChI=1S/C18H21N5/c1-13-17(8-9-18(21-13)23-11-19-20-12-23)16-7-5-6-15(10-16)14(2)22(3)4/h5-12,14H,1-4H3/t14-/m0/s1. The minimum atomic E-state index is 0.375. The van der Waals surface area contributed by atoms with Gasteiger partial charge in [0.15, 0.2) is 0 Å². The Bertz CT molecular complexity index is 793. The van der Waals surface area contributed by atoms with Crippen LogP contribution in [0.3, 0.4) is 0 Å². The van der Waals surface area contributed by atoms with Gasteiger partial charge in [0.05, 0.1) is 0 Å². The summed E-state index contributed by atoms with van der Waals surface area (Å²) in [5.74, 6) is 0.828. The van der Waals surface area contributed by atoms with Crippen molar-refractivity contribution < 1.29 is 0 Å². The molecule has 118 valence electrons. The van der Waals surface area contributed by atoms with Crippen molar-refractivity contribution in [1.29, 1.82) is 0 Å². The molecule has 1 atom stereocenters. The minimum Gasteiger partial charge on any atom is -0.303 e. The summed E-state index contributed by atoms with van der Waals surface area (Å²) in [7, 11) is 4.19. The highest BCUT2D eigenvalue weighted by molar-refractivity contribution is 5.67. The Hall–Kier alpha value is -2.53. The molecule has 3 aromatic rings. The predicted molar refractivity (Wildman–Crippen MR) is 91.4 cm³/mol. The lowest BCUT2D eigenvalue weighted by atomic mass is 9.99. The van der Waals surface area contributed by atoms with Crippen LogP contribution in [0, 0.1) is 6.92 Å².